The molecule has 0 saturated carbocycles. The van der Waals surface area contributed by atoms with Crippen molar-refractivity contribution in [1.29, 1.82) is 0 Å². The van der Waals surface area contributed by atoms with Crippen LogP contribution in [-0.2, 0) is 0 Å². The van der Waals surface area contributed by atoms with Crippen LogP contribution in [0.5, 0.6) is 0 Å². The molecule has 0 spiro atoms. The summed E-state index contributed by atoms with van der Waals surface area (Å²) in [5, 5.41) is 0. The van der Waals surface area contributed by atoms with E-state index in [0.29, 0.717) is 0 Å². The van der Waals surface area contributed by atoms with Gasteiger partial charge in [-0.2, -0.15) is 4.40 Å². The van der Waals surface area contributed by atoms with Crippen LogP contribution in [0.1, 0.15) is 33.7 Å². The first-order valence-corrected chi connectivity index (χ1v) is 5.62. The highest BCUT2D eigenvalue weighted by Gasteiger charge is 2.21. The van der Waals surface area contributed by atoms with Crippen molar-refractivity contribution in [1.82, 2.24) is 4.98 Å². The Balaban J connectivity index is 2.88. The number of carbonyl (C=O) groups excluding carboxylic acids is 1. The van der Waals surface area contributed by atoms with Crippen LogP contribution < -0.4 is 4.40 Å². The Morgan fingerprint density at radius 1 is 1.40 bits per heavy atom. The summed E-state index contributed by atoms with van der Waals surface area (Å²) in [6, 6.07) is 2.02. The molecule has 0 fully saturated rings. The molecule has 0 atom stereocenters. The Labute approximate surface area is 92.4 Å². The van der Waals surface area contributed by atoms with Crippen LogP contribution in [0.3, 0.4) is 0 Å². The lowest BCUT2D eigenvalue weighted by atomic mass is 10.3. The number of ketones is 1. The molecule has 0 aromatic carbocycles. The number of fused-ring (bicyclic) bond motifs is 1. The van der Waals surface area contributed by atoms with E-state index in [1.165, 1.54) is 11.3 Å². The monoisotopic (exact) mass is 221 g/mol. The van der Waals surface area contributed by atoms with Crippen LogP contribution in [0, 0.1) is 20.8 Å². The summed E-state index contributed by atoms with van der Waals surface area (Å²) in [7, 11) is 0. The molecule has 2 heterocycles. The molecule has 0 N–H and O–H groups in total. The van der Waals surface area contributed by atoms with Gasteiger partial charge in [0.1, 0.15) is 16.3 Å². The van der Waals surface area contributed by atoms with Crippen molar-refractivity contribution in [3.05, 3.63) is 28.0 Å². The zero-order valence-corrected chi connectivity index (χ0v) is 10.1. The zero-order chi connectivity index (χ0) is 11.2. The van der Waals surface area contributed by atoms with Gasteiger partial charge in [-0.15, -0.1) is 0 Å². The fraction of sp³-hybridized carbons (Fsp3) is 0.364. The molecule has 0 radical (unpaired) electrons. The zero-order valence-electron chi connectivity index (χ0n) is 9.29. The average molecular weight is 221 g/mol. The fourth-order valence-corrected chi connectivity index (χ4v) is 2.95. The van der Waals surface area contributed by atoms with E-state index in [1.54, 1.807) is 6.92 Å². The molecule has 0 aliphatic rings. The molecule has 0 amide bonds. The Kier molecular flexibility index (Phi) is 2.31. The lowest BCUT2D eigenvalue weighted by Gasteiger charge is -1.93. The highest BCUT2D eigenvalue weighted by molar-refractivity contribution is 7.18. The first kappa shape index (κ1) is 10.2. The van der Waals surface area contributed by atoms with E-state index in [-0.39, 0.29) is 5.78 Å². The van der Waals surface area contributed by atoms with Gasteiger partial charge in [-0.1, -0.05) is 0 Å². The lowest BCUT2D eigenvalue weighted by molar-refractivity contribution is -0.525. The minimum atomic E-state index is 0.111. The number of carbonyl (C=O) groups is 1. The maximum atomic E-state index is 11.4. The van der Waals surface area contributed by atoms with Crippen molar-refractivity contribution in [2.45, 2.75) is 27.7 Å². The molecule has 78 valence electrons. The molecular weight excluding hydrogens is 208 g/mol. The minimum absolute atomic E-state index is 0.111. The molecule has 3 nitrogen and oxygen atoms in total. The van der Waals surface area contributed by atoms with Crippen LogP contribution >= 0.6 is 11.3 Å². The third-order valence-electron chi connectivity index (χ3n) is 2.41. The Morgan fingerprint density at radius 3 is 2.67 bits per heavy atom. The maximum Gasteiger partial charge on any atom is 0.388 e. The van der Waals surface area contributed by atoms with E-state index in [1.807, 2.05) is 31.2 Å². The average Bonchev–Trinajstić information content (AvgIpc) is 2.42. The van der Waals surface area contributed by atoms with Crippen molar-refractivity contribution in [2.24, 2.45) is 0 Å². The molecule has 2 aromatic heterocycles. The number of Topliss-reactive ketones (excluding diaryl/α,β-unsaturated/α-hetero) is 1. The normalized spacial score (nSPS) is 10.9. The molecule has 0 unspecified atom stereocenters. The van der Waals surface area contributed by atoms with Crippen LogP contribution in [-0.4, -0.2) is 10.8 Å². The van der Waals surface area contributed by atoms with Crippen LogP contribution in [0.4, 0.5) is 0 Å². The van der Waals surface area contributed by atoms with E-state index >= 15 is 0 Å². The van der Waals surface area contributed by atoms with Crippen molar-refractivity contribution in [2.75, 3.05) is 0 Å². The highest BCUT2D eigenvalue weighted by Crippen LogP contribution is 2.17. The van der Waals surface area contributed by atoms with Gasteiger partial charge in [0.2, 0.25) is 0 Å². The highest BCUT2D eigenvalue weighted by atomic mass is 32.1. The molecule has 0 aliphatic heterocycles. The summed E-state index contributed by atoms with van der Waals surface area (Å²) < 4.78 is 2.04. The summed E-state index contributed by atoms with van der Waals surface area (Å²) in [6.45, 7) is 7.56. The number of thiazole rings is 1. The summed E-state index contributed by atoms with van der Waals surface area (Å²) in [5.41, 5.74) is 3.11. The second-order valence-corrected chi connectivity index (χ2v) is 4.71. The SMILES string of the molecule is CC(=O)c1sc2nc(C)cc(C)[n+]2c1C. The summed E-state index contributed by atoms with van der Waals surface area (Å²) in [4.78, 5) is 17.5. The number of nitrogens with zero attached hydrogens (tertiary/aromatic N) is 2. The molecule has 0 saturated heterocycles. The molecular formula is C11H13N2OS+. The third-order valence-corrected chi connectivity index (χ3v) is 3.65. The largest absolute Gasteiger partial charge is 0.388 e. The van der Waals surface area contributed by atoms with Gasteiger partial charge in [0, 0.05) is 19.9 Å². The van der Waals surface area contributed by atoms with Gasteiger partial charge in [-0.25, -0.2) is 0 Å². The van der Waals surface area contributed by atoms with E-state index < -0.39 is 0 Å². The van der Waals surface area contributed by atoms with E-state index in [4.69, 9.17) is 0 Å². The van der Waals surface area contributed by atoms with Crippen molar-refractivity contribution in [3.63, 3.8) is 0 Å². The minimum Gasteiger partial charge on any atom is -0.293 e. The molecule has 15 heavy (non-hydrogen) atoms. The van der Waals surface area contributed by atoms with Gasteiger partial charge >= 0.3 is 4.96 Å². The summed E-state index contributed by atoms with van der Waals surface area (Å²) >= 11 is 1.46. The molecule has 4 heteroatoms. The molecule has 0 bridgehead atoms. The van der Waals surface area contributed by atoms with Crippen LogP contribution in [0.2, 0.25) is 0 Å². The summed E-state index contributed by atoms with van der Waals surface area (Å²) in [5.74, 6) is 0.111. The second-order valence-electron chi connectivity index (χ2n) is 3.73. The predicted octanol–water partition coefficient (Wildman–Crippen LogP) is 2.01. The molecule has 2 rings (SSSR count). The van der Waals surface area contributed by atoms with Gasteiger partial charge in [0.15, 0.2) is 11.5 Å². The Morgan fingerprint density at radius 2 is 2.07 bits per heavy atom. The third kappa shape index (κ3) is 1.55. The molecule has 2 aromatic rings. The van der Waals surface area contributed by atoms with Crippen molar-refractivity contribution in [3.8, 4) is 0 Å². The van der Waals surface area contributed by atoms with Crippen LogP contribution in [0.25, 0.3) is 4.96 Å². The quantitative estimate of drug-likeness (QED) is 0.545. The number of hydrogen-bond donors (Lipinski definition) is 0. The Hall–Kier alpha value is -1.29. The van der Waals surface area contributed by atoms with Gasteiger partial charge in [-0.05, 0) is 30.2 Å². The maximum absolute atomic E-state index is 11.4. The number of aryl methyl sites for hydroxylation is 3. The lowest BCUT2D eigenvalue weighted by Crippen LogP contribution is -2.28. The van der Waals surface area contributed by atoms with Crippen molar-refractivity contribution < 1.29 is 9.20 Å². The van der Waals surface area contributed by atoms with Gasteiger partial charge in [0.05, 0.1) is 0 Å². The number of aromatic nitrogens is 2. The van der Waals surface area contributed by atoms with Gasteiger partial charge < -0.3 is 0 Å². The predicted molar refractivity (Wildman–Crippen MR) is 59.5 cm³/mol. The standard InChI is InChI=1S/C11H13N2OS/c1-6-5-7(2)13-8(3)10(9(4)14)15-11(13)12-6/h5H,1-4H3/q+1. The van der Waals surface area contributed by atoms with E-state index in [2.05, 4.69) is 4.98 Å². The van der Waals surface area contributed by atoms with Crippen molar-refractivity contribution >= 4 is 22.1 Å². The van der Waals surface area contributed by atoms with Gasteiger partial charge in [-0.3, -0.25) is 4.79 Å². The number of rotatable bonds is 1. The topological polar surface area (TPSA) is 34.1 Å². The van der Waals surface area contributed by atoms with E-state index in [0.717, 1.165) is 26.9 Å². The summed E-state index contributed by atoms with van der Waals surface area (Å²) in [6.07, 6.45) is 0. The Bertz CT molecular complexity index is 557. The first-order chi connectivity index (χ1) is 7.00. The first-order valence-electron chi connectivity index (χ1n) is 4.81. The van der Waals surface area contributed by atoms with Gasteiger partial charge in [0.25, 0.3) is 0 Å². The number of hydrogen-bond acceptors (Lipinski definition) is 3. The smallest absolute Gasteiger partial charge is 0.293 e. The molecule has 0 aliphatic carbocycles. The van der Waals surface area contributed by atoms with E-state index in [9.17, 15) is 4.79 Å². The second kappa shape index (κ2) is 3.38. The van der Waals surface area contributed by atoms with Crippen LogP contribution in [0.15, 0.2) is 6.07 Å². The fourth-order valence-electron chi connectivity index (χ4n) is 1.82.